The summed E-state index contributed by atoms with van der Waals surface area (Å²) in [5.41, 5.74) is 0.0429. The van der Waals surface area contributed by atoms with Crippen LogP contribution in [0.3, 0.4) is 0 Å². The zero-order valence-electron chi connectivity index (χ0n) is 14.5. The molecule has 1 heterocycles. The Bertz CT molecular complexity index is 488. The smallest absolute Gasteiger partial charge is 0.352 e. The van der Waals surface area contributed by atoms with Crippen molar-refractivity contribution in [2.75, 3.05) is 18.1 Å². The molecule has 7 heteroatoms. The summed E-state index contributed by atoms with van der Waals surface area (Å²) >= 11 is 3.92. The summed E-state index contributed by atoms with van der Waals surface area (Å²) in [5.74, 6) is 1.06. The lowest BCUT2D eigenvalue weighted by atomic mass is 10.1. The summed E-state index contributed by atoms with van der Waals surface area (Å²) < 4.78 is 0.547. The molecule has 1 amide bonds. The SMILES string of the molecule is CC1(C)CC1C(=O)NC(=CCCCCCSC1NCCS1)C(=O)O. The van der Waals surface area contributed by atoms with Gasteiger partial charge in [-0.25, -0.2) is 4.79 Å². The van der Waals surface area contributed by atoms with Gasteiger partial charge in [0.05, 0.1) is 0 Å². The van der Waals surface area contributed by atoms with Crippen LogP contribution in [0.1, 0.15) is 46.0 Å². The molecule has 1 aliphatic heterocycles. The zero-order valence-corrected chi connectivity index (χ0v) is 16.1. The molecule has 0 spiro atoms. The third-order valence-corrected chi connectivity index (χ3v) is 7.19. The van der Waals surface area contributed by atoms with Crippen LogP contribution in [0, 0.1) is 11.3 Å². The minimum absolute atomic E-state index is 0.0117. The van der Waals surface area contributed by atoms with E-state index in [0.29, 0.717) is 11.1 Å². The van der Waals surface area contributed by atoms with Crippen LogP contribution in [0.5, 0.6) is 0 Å². The summed E-state index contributed by atoms with van der Waals surface area (Å²) in [6.07, 6.45) is 6.35. The van der Waals surface area contributed by atoms with Crippen LogP contribution in [0.15, 0.2) is 11.8 Å². The second kappa shape index (κ2) is 9.15. The molecule has 0 aromatic rings. The number of carboxylic acid groups (broad SMARTS) is 1. The van der Waals surface area contributed by atoms with Crippen molar-refractivity contribution in [2.45, 2.75) is 50.7 Å². The predicted molar refractivity (Wildman–Crippen MR) is 101 cm³/mol. The number of hydrogen-bond donors (Lipinski definition) is 3. The fourth-order valence-corrected chi connectivity index (χ4v) is 5.16. The molecule has 5 nitrogen and oxygen atoms in total. The van der Waals surface area contributed by atoms with Crippen LogP contribution in [0.25, 0.3) is 0 Å². The van der Waals surface area contributed by atoms with Crippen molar-refractivity contribution in [3.63, 3.8) is 0 Å². The van der Waals surface area contributed by atoms with Gasteiger partial charge in [0.25, 0.3) is 0 Å². The summed E-state index contributed by atoms with van der Waals surface area (Å²) in [4.78, 5) is 23.3. The number of carboxylic acids is 1. The van der Waals surface area contributed by atoms with Crippen molar-refractivity contribution in [1.82, 2.24) is 10.6 Å². The van der Waals surface area contributed by atoms with E-state index in [1.54, 1.807) is 6.08 Å². The van der Waals surface area contributed by atoms with Crippen molar-refractivity contribution in [2.24, 2.45) is 11.3 Å². The first-order valence-electron chi connectivity index (χ1n) is 8.61. The van der Waals surface area contributed by atoms with Gasteiger partial charge in [0.1, 0.15) is 10.4 Å². The molecule has 2 fully saturated rings. The van der Waals surface area contributed by atoms with E-state index in [1.165, 1.54) is 5.75 Å². The maximum Gasteiger partial charge on any atom is 0.352 e. The molecule has 0 radical (unpaired) electrons. The molecule has 2 atom stereocenters. The van der Waals surface area contributed by atoms with Crippen LogP contribution in [-0.2, 0) is 9.59 Å². The fourth-order valence-electron chi connectivity index (χ4n) is 2.70. The molecule has 0 bridgehead atoms. The standard InChI is InChI=1S/C17H28N2O3S2/c1-17(2)11-12(17)14(20)19-13(15(21)22)7-5-3-4-6-9-23-16-18-8-10-24-16/h7,12,16,18H,3-6,8-11H2,1-2H3,(H,19,20)(H,21,22). The first-order chi connectivity index (χ1) is 11.4. The number of aliphatic carboxylic acids is 1. The van der Waals surface area contributed by atoms with Crippen molar-refractivity contribution in [1.29, 1.82) is 0 Å². The molecule has 1 saturated carbocycles. The van der Waals surface area contributed by atoms with Crippen LogP contribution in [-0.4, -0.2) is 39.7 Å². The fraction of sp³-hybridized carbons (Fsp3) is 0.765. The monoisotopic (exact) mass is 372 g/mol. The average molecular weight is 373 g/mol. The van der Waals surface area contributed by atoms with Gasteiger partial charge >= 0.3 is 5.97 Å². The summed E-state index contributed by atoms with van der Waals surface area (Å²) in [5, 5.41) is 15.2. The number of allylic oxidation sites excluding steroid dienone is 1. The zero-order chi connectivity index (χ0) is 17.6. The summed E-state index contributed by atoms with van der Waals surface area (Å²) in [6.45, 7) is 5.16. The molecular formula is C17H28N2O3S2. The number of carbonyl (C=O) groups excluding carboxylic acids is 1. The topological polar surface area (TPSA) is 78.4 Å². The van der Waals surface area contributed by atoms with E-state index in [1.807, 2.05) is 37.4 Å². The average Bonchev–Trinajstić information content (AvgIpc) is 2.93. The number of thioether (sulfide) groups is 2. The molecule has 24 heavy (non-hydrogen) atoms. The summed E-state index contributed by atoms with van der Waals surface area (Å²) in [7, 11) is 0. The minimum atomic E-state index is -1.05. The van der Waals surface area contributed by atoms with Crippen molar-refractivity contribution in [3.05, 3.63) is 11.8 Å². The van der Waals surface area contributed by atoms with Crippen molar-refractivity contribution in [3.8, 4) is 0 Å². The highest BCUT2D eigenvalue weighted by Gasteiger charge is 2.50. The molecule has 2 rings (SSSR count). The van der Waals surface area contributed by atoms with Gasteiger partial charge in [-0.05, 0) is 36.9 Å². The highest BCUT2D eigenvalue weighted by atomic mass is 32.2. The molecule has 2 unspecified atom stereocenters. The van der Waals surface area contributed by atoms with E-state index in [2.05, 4.69) is 10.6 Å². The Hall–Kier alpha value is -0.660. The first kappa shape index (κ1) is 19.7. The van der Waals surface area contributed by atoms with Gasteiger partial charge < -0.3 is 10.4 Å². The highest BCUT2D eigenvalue weighted by Crippen LogP contribution is 2.51. The Kier molecular flexibility index (Phi) is 7.50. The van der Waals surface area contributed by atoms with Crippen LogP contribution < -0.4 is 10.6 Å². The van der Waals surface area contributed by atoms with E-state index >= 15 is 0 Å². The molecule has 136 valence electrons. The molecule has 0 aromatic carbocycles. The van der Waals surface area contributed by atoms with E-state index in [9.17, 15) is 14.7 Å². The van der Waals surface area contributed by atoms with Gasteiger partial charge in [-0.15, -0.1) is 23.5 Å². The second-order valence-corrected chi connectivity index (χ2v) is 9.76. The summed E-state index contributed by atoms with van der Waals surface area (Å²) in [6, 6.07) is 0. The van der Waals surface area contributed by atoms with E-state index < -0.39 is 5.97 Å². The largest absolute Gasteiger partial charge is 0.477 e. The normalized spacial score (nSPS) is 25.5. The number of carbonyl (C=O) groups is 2. The lowest BCUT2D eigenvalue weighted by molar-refractivity contribution is -0.135. The molecule has 2 aliphatic rings. The number of nitrogens with one attached hydrogen (secondary N) is 2. The van der Waals surface area contributed by atoms with Gasteiger partial charge in [0.2, 0.25) is 5.91 Å². The molecular weight excluding hydrogens is 344 g/mol. The molecule has 1 saturated heterocycles. The lowest BCUT2D eigenvalue weighted by Crippen LogP contribution is -2.29. The van der Waals surface area contributed by atoms with Gasteiger partial charge in [-0.2, -0.15) is 0 Å². The van der Waals surface area contributed by atoms with E-state index in [4.69, 9.17) is 0 Å². The van der Waals surface area contributed by atoms with Gasteiger partial charge in [-0.1, -0.05) is 26.3 Å². The molecule has 1 aliphatic carbocycles. The van der Waals surface area contributed by atoms with E-state index in [0.717, 1.165) is 38.0 Å². The Balaban J connectivity index is 1.60. The Morgan fingerprint density at radius 1 is 1.38 bits per heavy atom. The minimum Gasteiger partial charge on any atom is -0.477 e. The Morgan fingerprint density at radius 2 is 2.12 bits per heavy atom. The van der Waals surface area contributed by atoms with Gasteiger partial charge in [-0.3, -0.25) is 10.1 Å². The molecule has 0 aromatic heterocycles. The first-order valence-corrected chi connectivity index (χ1v) is 10.7. The maximum absolute atomic E-state index is 12.0. The predicted octanol–water partition coefficient (Wildman–Crippen LogP) is 3.03. The number of rotatable bonds is 10. The van der Waals surface area contributed by atoms with Crippen LogP contribution in [0.4, 0.5) is 0 Å². The van der Waals surface area contributed by atoms with Crippen LogP contribution >= 0.6 is 23.5 Å². The van der Waals surface area contributed by atoms with Crippen molar-refractivity contribution >= 4 is 35.4 Å². The highest BCUT2D eigenvalue weighted by molar-refractivity contribution is 8.17. The second-order valence-electron chi connectivity index (χ2n) is 7.03. The van der Waals surface area contributed by atoms with Gasteiger partial charge in [0, 0.05) is 18.2 Å². The quantitative estimate of drug-likeness (QED) is 0.404. The maximum atomic E-state index is 12.0. The van der Waals surface area contributed by atoms with Crippen LogP contribution in [0.2, 0.25) is 0 Å². The van der Waals surface area contributed by atoms with Gasteiger partial charge in [0.15, 0.2) is 0 Å². The Labute approximate surface area is 152 Å². The molecule has 3 N–H and O–H groups in total. The van der Waals surface area contributed by atoms with Crippen molar-refractivity contribution < 1.29 is 14.7 Å². The lowest BCUT2D eigenvalue weighted by Gasteiger charge is -2.08. The number of amides is 1. The number of hydrogen-bond acceptors (Lipinski definition) is 5. The van der Waals surface area contributed by atoms with E-state index in [-0.39, 0.29) is 22.9 Å². The third-order valence-electron chi connectivity index (χ3n) is 4.47. The third kappa shape index (κ3) is 6.33. The Morgan fingerprint density at radius 3 is 2.71 bits per heavy atom. The number of unbranched alkanes of at least 4 members (excludes halogenated alkanes) is 3.